The molecule has 1 saturated carbocycles. The predicted molar refractivity (Wildman–Crippen MR) is 67.8 cm³/mol. The lowest BCUT2D eigenvalue weighted by Gasteiger charge is -2.21. The first-order valence-corrected chi connectivity index (χ1v) is 6.42. The highest BCUT2D eigenvalue weighted by Crippen LogP contribution is 2.65. The van der Waals surface area contributed by atoms with E-state index in [9.17, 15) is 8.78 Å². The highest BCUT2D eigenvalue weighted by Gasteiger charge is 2.65. The summed E-state index contributed by atoms with van der Waals surface area (Å²) in [5, 5.41) is 3.23. The molecule has 1 aromatic carbocycles. The fourth-order valence-corrected chi connectivity index (χ4v) is 3.70. The summed E-state index contributed by atoms with van der Waals surface area (Å²) in [4.78, 5) is 2.15. The average Bonchev–Trinajstić information content (AvgIpc) is 2.83. The Morgan fingerprint density at radius 2 is 2.00 bits per heavy atom. The van der Waals surface area contributed by atoms with Crippen LogP contribution in [-0.4, -0.2) is 11.4 Å². The lowest BCUT2D eigenvalue weighted by molar-refractivity contribution is 0.431. The van der Waals surface area contributed by atoms with Gasteiger partial charge in [-0.05, 0) is 31.0 Å². The highest BCUT2D eigenvalue weighted by atomic mass is 19.1. The van der Waals surface area contributed by atoms with E-state index in [2.05, 4.69) is 16.8 Å². The van der Waals surface area contributed by atoms with Crippen molar-refractivity contribution >= 4 is 0 Å². The second kappa shape index (κ2) is 3.18. The van der Waals surface area contributed by atoms with Crippen LogP contribution in [0.2, 0.25) is 0 Å². The number of nitrogens with one attached hydrogen (secondary N) is 1. The fourth-order valence-electron chi connectivity index (χ4n) is 3.70. The van der Waals surface area contributed by atoms with E-state index in [0.717, 1.165) is 36.1 Å². The van der Waals surface area contributed by atoms with E-state index in [0.29, 0.717) is 5.92 Å². The van der Waals surface area contributed by atoms with Crippen molar-refractivity contribution in [3.05, 3.63) is 59.2 Å². The molecule has 2 fully saturated rings. The molecule has 2 heterocycles. The van der Waals surface area contributed by atoms with E-state index in [1.807, 2.05) is 6.92 Å². The maximum absolute atomic E-state index is 13.4. The minimum Gasteiger partial charge on any atom is -0.344 e. The van der Waals surface area contributed by atoms with Gasteiger partial charge in [-0.25, -0.2) is 8.78 Å². The summed E-state index contributed by atoms with van der Waals surface area (Å²) in [7, 11) is 0. The Bertz CT molecular complexity index is 629. The van der Waals surface area contributed by atoms with Gasteiger partial charge in [0.2, 0.25) is 0 Å². The molecule has 0 spiro atoms. The minimum absolute atomic E-state index is 0.120. The molecular formula is C15H14F2N2. The Kier molecular flexibility index (Phi) is 1.85. The summed E-state index contributed by atoms with van der Waals surface area (Å²) >= 11 is 0. The average molecular weight is 260 g/mol. The van der Waals surface area contributed by atoms with Crippen LogP contribution in [0.15, 0.2) is 42.0 Å². The Labute approximate surface area is 110 Å². The van der Waals surface area contributed by atoms with Gasteiger partial charge in [-0.3, -0.25) is 0 Å². The summed E-state index contributed by atoms with van der Waals surface area (Å²) in [5.41, 5.74) is 3.02. The lowest BCUT2D eigenvalue weighted by atomic mass is 9.94. The molecule has 19 heavy (non-hydrogen) atoms. The maximum Gasteiger partial charge on any atom is 0.126 e. The minimum atomic E-state index is -0.496. The third kappa shape index (κ3) is 1.29. The summed E-state index contributed by atoms with van der Waals surface area (Å²) in [6.07, 6.45) is 0.966. The fraction of sp³-hybridized carbons (Fsp3) is 0.333. The summed E-state index contributed by atoms with van der Waals surface area (Å²) in [5.74, 6) is 0.242. The standard InChI is InChI=1S/C15H14F2N2/c1-8-14-13-6-15(13,7-19(14)9(2)18-8)10-3-11(16)5-12(17)4-10/h3-5,13,18H,2,6-7H2,1H3/t13-,15+/m0/s1. The van der Waals surface area contributed by atoms with Gasteiger partial charge < -0.3 is 10.2 Å². The summed E-state index contributed by atoms with van der Waals surface area (Å²) in [6, 6.07) is 3.87. The number of nitrogens with zero attached hydrogens (tertiary/aromatic N) is 1. The van der Waals surface area contributed by atoms with Crippen LogP contribution in [-0.2, 0) is 5.41 Å². The molecule has 1 saturated heterocycles. The van der Waals surface area contributed by atoms with Crippen molar-refractivity contribution in [1.82, 2.24) is 10.2 Å². The van der Waals surface area contributed by atoms with Crippen molar-refractivity contribution in [2.24, 2.45) is 5.92 Å². The zero-order valence-electron chi connectivity index (χ0n) is 10.6. The van der Waals surface area contributed by atoms with Crippen LogP contribution < -0.4 is 5.32 Å². The number of hydrogen-bond donors (Lipinski definition) is 1. The molecule has 0 radical (unpaired) electrons. The van der Waals surface area contributed by atoms with Gasteiger partial charge in [0.05, 0.1) is 0 Å². The molecule has 98 valence electrons. The van der Waals surface area contributed by atoms with Crippen molar-refractivity contribution < 1.29 is 8.78 Å². The van der Waals surface area contributed by atoms with Crippen molar-refractivity contribution in [2.75, 3.05) is 6.54 Å². The molecule has 0 unspecified atom stereocenters. The van der Waals surface area contributed by atoms with Gasteiger partial charge in [-0.15, -0.1) is 0 Å². The number of halogens is 2. The van der Waals surface area contributed by atoms with Gasteiger partial charge in [0, 0.05) is 35.3 Å². The second-order valence-corrected chi connectivity index (χ2v) is 5.74. The van der Waals surface area contributed by atoms with Gasteiger partial charge in [0.25, 0.3) is 0 Å². The first-order chi connectivity index (χ1) is 9.01. The van der Waals surface area contributed by atoms with Crippen LogP contribution in [0.5, 0.6) is 0 Å². The number of rotatable bonds is 1. The number of fused-ring (bicyclic) bond motifs is 3. The van der Waals surface area contributed by atoms with E-state index >= 15 is 0 Å². The van der Waals surface area contributed by atoms with Crippen LogP contribution in [0.4, 0.5) is 8.78 Å². The maximum atomic E-state index is 13.4. The van der Waals surface area contributed by atoms with Crippen molar-refractivity contribution in [3.63, 3.8) is 0 Å². The smallest absolute Gasteiger partial charge is 0.126 e. The normalized spacial score (nSPS) is 31.4. The van der Waals surface area contributed by atoms with Gasteiger partial charge >= 0.3 is 0 Å². The van der Waals surface area contributed by atoms with Crippen LogP contribution >= 0.6 is 0 Å². The molecule has 4 heteroatoms. The van der Waals surface area contributed by atoms with E-state index in [4.69, 9.17) is 0 Å². The molecule has 2 nitrogen and oxygen atoms in total. The van der Waals surface area contributed by atoms with Crippen molar-refractivity contribution in [3.8, 4) is 0 Å². The highest BCUT2D eigenvalue weighted by molar-refractivity contribution is 5.49. The van der Waals surface area contributed by atoms with Gasteiger partial charge in [0.1, 0.15) is 17.5 Å². The number of allylic oxidation sites excluding steroid dienone is 2. The largest absolute Gasteiger partial charge is 0.344 e. The molecule has 2 atom stereocenters. The molecule has 0 aromatic heterocycles. The first kappa shape index (κ1) is 11.0. The van der Waals surface area contributed by atoms with Crippen LogP contribution in [0.3, 0.4) is 0 Å². The third-order valence-corrected chi connectivity index (χ3v) is 4.62. The zero-order chi connectivity index (χ0) is 13.4. The summed E-state index contributed by atoms with van der Waals surface area (Å²) in [6.45, 7) is 6.78. The molecule has 1 N–H and O–H groups in total. The van der Waals surface area contributed by atoms with Crippen molar-refractivity contribution in [2.45, 2.75) is 18.8 Å². The number of hydrogen-bond acceptors (Lipinski definition) is 2. The first-order valence-electron chi connectivity index (χ1n) is 6.42. The Morgan fingerprint density at radius 3 is 2.63 bits per heavy atom. The molecule has 3 aliphatic rings. The van der Waals surface area contributed by atoms with E-state index in [1.165, 1.54) is 17.8 Å². The Hall–Kier alpha value is -1.84. The zero-order valence-corrected chi connectivity index (χ0v) is 10.6. The molecule has 0 amide bonds. The third-order valence-electron chi connectivity index (χ3n) is 4.62. The molecule has 2 aliphatic heterocycles. The quantitative estimate of drug-likeness (QED) is 0.835. The van der Waals surface area contributed by atoms with Crippen LogP contribution in [0.25, 0.3) is 0 Å². The van der Waals surface area contributed by atoms with Crippen LogP contribution in [0, 0.1) is 17.6 Å². The molecule has 0 bridgehead atoms. The van der Waals surface area contributed by atoms with E-state index < -0.39 is 11.6 Å². The Morgan fingerprint density at radius 1 is 1.32 bits per heavy atom. The van der Waals surface area contributed by atoms with Gasteiger partial charge in [0.15, 0.2) is 0 Å². The SMILES string of the molecule is C=C1NC(C)=C2[C@@H]3C[C@]3(c3cc(F)cc(F)c3)CN12. The summed E-state index contributed by atoms with van der Waals surface area (Å²) < 4.78 is 26.8. The second-order valence-electron chi connectivity index (χ2n) is 5.74. The monoisotopic (exact) mass is 260 g/mol. The van der Waals surface area contributed by atoms with E-state index in [-0.39, 0.29) is 5.41 Å². The molecule has 4 rings (SSSR count). The Balaban J connectivity index is 1.79. The number of piperidine rings is 1. The topological polar surface area (TPSA) is 15.3 Å². The van der Waals surface area contributed by atoms with Gasteiger partial charge in [-0.1, -0.05) is 6.58 Å². The molecule has 1 aliphatic carbocycles. The van der Waals surface area contributed by atoms with Gasteiger partial charge in [-0.2, -0.15) is 0 Å². The number of benzene rings is 1. The van der Waals surface area contributed by atoms with E-state index in [1.54, 1.807) is 0 Å². The molecular weight excluding hydrogens is 246 g/mol. The van der Waals surface area contributed by atoms with Crippen molar-refractivity contribution in [1.29, 1.82) is 0 Å². The molecule has 1 aromatic rings. The lowest BCUT2D eigenvalue weighted by Crippen LogP contribution is -2.25. The predicted octanol–water partition coefficient (Wildman–Crippen LogP) is 2.84. The van der Waals surface area contributed by atoms with Crippen LogP contribution in [0.1, 0.15) is 18.9 Å².